The number of carbonyl (C=O) groups is 1. The Morgan fingerprint density at radius 3 is 2.54 bits per heavy atom. The highest BCUT2D eigenvalue weighted by Crippen LogP contribution is 2.56. The first-order valence-corrected chi connectivity index (χ1v) is 14.8. The van der Waals surface area contributed by atoms with Gasteiger partial charge in [0.2, 0.25) is 5.91 Å². The minimum Gasteiger partial charge on any atom is -0.492 e. The second kappa shape index (κ2) is 11.1. The first-order chi connectivity index (χ1) is 18.2. The molecule has 1 spiro atoms. The van der Waals surface area contributed by atoms with Crippen LogP contribution < -0.4 is 4.74 Å². The molecule has 198 valence electrons. The smallest absolute Gasteiger partial charge is 0.226 e. The zero-order valence-corrected chi connectivity index (χ0v) is 22.3. The average Bonchev–Trinajstić information content (AvgIpc) is 3.66. The molecule has 0 radical (unpaired) electrons. The van der Waals surface area contributed by atoms with Crippen molar-refractivity contribution in [2.24, 2.45) is 23.2 Å². The number of rotatable bonds is 3. The molecule has 5 nitrogen and oxygen atoms in total. The number of piperidine rings is 1. The zero-order valence-electron chi connectivity index (χ0n) is 22.3. The maximum Gasteiger partial charge on any atom is 0.226 e. The van der Waals surface area contributed by atoms with Crippen molar-refractivity contribution in [2.75, 3.05) is 32.8 Å². The molecule has 2 unspecified atom stereocenters. The van der Waals surface area contributed by atoms with Crippen LogP contribution in [0.5, 0.6) is 5.75 Å². The average molecular weight is 502 g/mol. The summed E-state index contributed by atoms with van der Waals surface area (Å²) in [7, 11) is 0. The number of pyridine rings is 1. The molecular weight excluding hydrogens is 458 g/mol. The van der Waals surface area contributed by atoms with E-state index >= 15 is 0 Å². The first-order valence-electron chi connectivity index (χ1n) is 14.8. The van der Waals surface area contributed by atoms with E-state index in [1.54, 1.807) is 0 Å². The lowest BCUT2D eigenvalue weighted by atomic mass is 9.73. The Morgan fingerprint density at radius 1 is 0.946 bits per heavy atom. The number of para-hydroxylation sites is 1. The van der Waals surface area contributed by atoms with Crippen LogP contribution in [0.3, 0.4) is 0 Å². The maximum atomic E-state index is 13.4. The summed E-state index contributed by atoms with van der Waals surface area (Å²) < 4.78 is 6.32. The molecule has 3 fully saturated rings. The van der Waals surface area contributed by atoms with E-state index < -0.39 is 0 Å². The second-order valence-corrected chi connectivity index (χ2v) is 12.2. The monoisotopic (exact) mass is 501 g/mol. The normalized spacial score (nSPS) is 28.2. The first kappa shape index (κ1) is 24.9. The highest BCUT2D eigenvalue weighted by molar-refractivity contribution is 5.82. The third kappa shape index (κ3) is 5.72. The van der Waals surface area contributed by atoms with Crippen molar-refractivity contribution in [1.82, 2.24) is 14.8 Å². The molecule has 1 amide bonds. The van der Waals surface area contributed by atoms with E-state index in [4.69, 9.17) is 4.74 Å². The predicted molar refractivity (Wildman–Crippen MR) is 146 cm³/mol. The molecule has 2 atom stereocenters. The lowest BCUT2D eigenvalue weighted by molar-refractivity contribution is -0.136. The summed E-state index contributed by atoms with van der Waals surface area (Å²) in [6.45, 7) is 5.45. The molecule has 1 aromatic carbocycles. The lowest BCUT2D eigenvalue weighted by Crippen LogP contribution is -2.49. The van der Waals surface area contributed by atoms with Gasteiger partial charge in [0.1, 0.15) is 12.4 Å². The number of likely N-dealkylation sites (tertiary alicyclic amines) is 1. The summed E-state index contributed by atoms with van der Waals surface area (Å²) >= 11 is 0. The molecule has 6 rings (SSSR count). The molecule has 1 aromatic heterocycles. The molecule has 37 heavy (non-hydrogen) atoms. The third-order valence-corrected chi connectivity index (χ3v) is 9.81. The van der Waals surface area contributed by atoms with E-state index in [0.29, 0.717) is 30.3 Å². The molecule has 1 saturated heterocycles. The fourth-order valence-electron chi connectivity index (χ4n) is 7.65. The van der Waals surface area contributed by atoms with Crippen LogP contribution in [0, 0.1) is 23.2 Å². The van der Waals surface area contributed by atoms with Crippen molar-refractivity contribution in [3.05, 3.63) is 59.9 Å². The Labute approximate surface area is 222 Å². The molecule has 0 bridgehead atoms. The Bertz CT molecular complexity index is 1040. The Morgan fingerprint density at radius 2 is 1.76 bits per heavy atom. The van der Waals surface area contributed by atoms with Crippen LogP contribution in [-0.2, 0) is 17.8 Å². The number of aryl methyl sites for hydroxylation is 1. The SMILES string of the molecule is O=C(C1C2CCCCC21)N1CCC2(CCCCc3ccccc3OCCN(Cc3cccnc3)C2)CC1. The van der Waals surface area contributed by atoms with Crippen LogP contribution in [0.2, 0.25) is 0 Å². The molecule has 2 aliphatic carbocycles. The number of carbonyl (C=O) groups excluding carboxylic acids is 1. The van der Waals surface area contributed by atoms with Crippen molar-refractivity contribution in [3.8, 4) is 5.75 Å². The molecule has 5 heteroatoms. The second-order valence-electron chi connectivity index (χ2n) is 12.2. The molecule has 0 N–H and O–H groups in total. The van der Waals surface area contributed by atoms with Crippen LogP contribution in [0.4, 0.5) is 0 Å². The number of benzene rings is 1. The number of hydrogen-bond donors (Lipinski definition) is 0. The van der Waals surface area contributed by atoms with Gasteiger partial charge in [0.25, 0.3) is 0 Å². The summed E-state index contributed by atoms with van der Waals surface area (Å²) in [5.74, 6) is 3.29. The predicted octanol–water partition coefficient (Wildman–Crippen LogP) is 5.73. The molecule has 3 heterocycles. The van der Waals surface area contributed by atoms with E-state index in [2.05, 4.69) is 45.1 Å². The van der Waals surface area contributed by atoms with Gasteiger partial charge in [-0.05, 0) is 85.5 Å². The van der Waals surface area contributed by atoms with Gasteiger partial charge in [0.05, 0.1) is 0 Å². The number of aromatic nitrogens is 1. The molecule has 2 saturated carbocycles. The van der Waals surface area contributed by atoms with Crippen molar-refractivity contribution < 1.29 is 9.53 Å². The summed E-state index contributed by atoms with van der Waals surface area (Å²) in [5, 5.41) is 0. The van der Waals surface area contributed by atoms with Gasteiger partial charge >= 0.3 is 0 Å². The largest absolute Gasteiger partial charge is 0.492 e. The highest BCUT2D eigenvalue weighted by Gasteiger charge is 2.56. The van der Waals surface area contributed by atoms with Gasteiger partial charge in [-0.3, -0.25) is 14.7 Å². The molecule has 2 aliphatic heterocycles. The van der Waals surface area contributed by atoms with Crippen LogP contribution in [0.1, 0.15) is 68.9 Å². The van der Waals surface area contributed by atoms with Crippen LogP contribution in [0.15, 0.2) is 48.8 Å². The Balaban J connectivity index is 1.16. The molecule has 4 aliphatic rings. The minimum atomic E-state index is 0.272. The van der Waals surface area contributed by atoms with Crippen LogP contribution >= 0.6 is 0 Å². The summed E-state index contributed by atoms with van der Waals surface area (Å²) in [6.07, 6.45) is 16.1. The summed E-state index contributed by atoms with van der Waals surface area (Å²) in [6, 6.07) is 12.8. The van der Waals surface area contributed by atoms with Gasteiger partial charge in [-0.2, -0.15) is 0 Å². The van der Waals surface area contributed by atoms with Crippen LogP contribution in [0.25, 0.3) is 0 Å². The van der Waals surface area contributed by atoms with Gasteiger partial charge in [0.15, 0.2) is 0 Å². The fraction of sp³-hybridized carbons (Fsp3) is 0.625. The van der Waals surface area contributed by atoms with Crippen molar-refractivity contribution in [2.45, 2.75) is 70.8 Å². The van der Waals surface area contributed by atoms with Crippen molar-refractivity contribution in [3.63, 3.8) is 0 Å². The highest BCUT2D eigenvalue weighted by atomic mass is 16.5. The van der Waals surface area contributed by atoms with Crippen LogP contribution in [-0.4, -0.2) is 53.5 Å². The number of hydrogen-bond acceptors (Lipinski definition) is 4. The zero-order chi connectivity index (χ0) is 25.1. The van der Waals surface area contributed by atoms with Gasteiger partial charge in [-0.1, -0.05) is 43.5 Å². The third-order valence-electron chi connectivity index (χ3n) is 9.81. The van der Waals surface area contributed by atoms with E-state index in [1.165, 1.54) is 56.1 Å². The van der Waals surface area contributed by atoms with E-state index in [0.717, 1.165) is 57.7 Å². The summed E-state index contributed by atoms with van der Waals surface area (Å²) in [4.78, 5) is 22.6. The Hall–Kier alpha value is -2.40. The minimum absolute atomic E-state index is 0.272. The van der Waals surface area contributed by atoms with Crippen molar-refractivity contribution >= 4 is 5.91 Å². The standard InChI is InChI=1S/C32H43N3O2/c36-31(30-27-11-2-3-12-28(27)30)35-18-15-32(16-19-35)14-6-5-10-26-9-1-4-13-29(26)37-21-20-34(24-32)23-25-8-7-17-33-22-25/h1,4,7-9,13,17,22,27-28,30H,2-3,5-6,10-12,14-16,18-21,23-24H2. The number of fused-ring (bicyclic) bond motifs is 2. The summed E-state index contributed by atoms with van der Waals surface area (Å²) in [5.41, 5.74) is 2.87. The van der Waals surface area contributed by atoms with Gasteiger partial charge in [-0.15, -0.1) is 0 Å². The van der Waals surface area contributed by atoms with Gasteiger partial charge in [-0.25, -0.2) is 0 Å². The van der Waals surface area contributed by atoms with E-state index in [-0.39, 0.29) is 5.41 Å². The fourth-order valence-corrected chi connectivity index (χ4v) is 7.65. The molecule has 2 aromatic rings. The maximum absolute atomic E-state index is 13.4. The lowest BCUT2D eigenvalue weighted by Gasteiger charge is -2.45. The number of amides is 1. The van der Waals surface area contributed by atoms with Gasteiger partial charge in [0, 0.05) is 51.0 Å². The van der Waals surface area contributed by atoms with Crippen molar-refractivity contribution in [1.29, 1.82) is 0 Å². The molecular formula is C32H43N3O2. The Kier molecular flexibility index (Phi) is 7.50. The number of nitrogens with zero attached hydrogens (tertiary/aromatic N) is 3. The van der Waals surface area contributed by atoms with Gasteiger partial charge < -0.3 is 9.64 Å². The van der Waals surface area contributed by atoms with E-state index in [1.807, 2.05) is 18.5 Å². The van der Waals surface area contributed by atoms with E-state index in [9.17, 15) is 4.79 Å². The number of ether oxygens (including phenoxy) is 1. The topological polar surface area (TPSA) is 45.7 Å². The quantitative estimate of drug-likeness (QED) is 0.539.